The van der Waals surface area contributed by atoms with Crippen molar-refractivity contribution in [3.8, 4) is 5.75 Å². The maximum atomic E-state index is 13.0. The van der Waals surface area contributed by atoms with Crippen molar-refractivity contribution in [3.63, 3.8) is 0 Å². The van der Waals surface area contributed by atoms with Crippen molar-refractivity contribution in [3.05, 3.63) is 65.2 Å². The Labute approximate surface area is 121 Å². The number of phenolic OH excluding ortho intramolecular Hbond substituents is 1. The van der Waals surface area contributed by atoms with E-state index in [1.165, 1.54) is 6.07 Å². The summed E-state index contributed by atoms with van der Waals surface area (Å²) in [4.78, 5) is 11.7. The van der Waals surface area contributed by atoms with Crippen molar-refractivity contribution in [2.24, 2.45) is 0 Å². The molecule has 0 heterocycles. The zero-order valence-corrected chi connectivity index (χ0v) is 11.3. The molecule has 0 aliphatic heterocycles. The number of aromatic hydroxyl groups is 1. The number of benzene rings is 2. The van der Waals surface area contributed by atoms with Crippen LogP contribution in [0, 0.1) is 11.6 Å². The van der Waals surface area contributed by atoms with Crippen LogP contribution in [0.2, 0.25) is 0 Å². The molecule has 3 nitrogen and oxygen atoms in total. The van der Waals surface area contributed by atoms with Crippen LogP contribution < -0.4 is 5.32 Å². The van der Waals surface area contributed by atoms with E-state index < -0.39 is 17.5 Å². The molecule has 2 aromatic carbocycles. The number of phenols is 1. The first kappa shape index (κ1) is 15.0. The molecule has 110 valence electrons. The van der Waals surface area contributed by atoms with Gasteiger partial charge in [0, 0.05) is 12.1 Å². The molecule has 0 fully saturated rings. The maximum Gasteiger partial charge on any atom is 0.251 e. The fourth-order valence-corrected chi connectivity index (χ4v) is 1.90. The van der Waals surface area contributed by atoms with E-state index in [9.17, 15) is 13.6 Å². The highest BCUT2D eigenvalue weighted by Gasteiger charge is 2.08. The Morgan fingerprint density at radius 3 is 2.43 bits per heavy atom. The Bertz CT molecular complexity index is 627. The molecule has 0 bridgehead atoms. The second kappa shape index (κ2) is 6.83. The lowest BCUT2D eigenvalue weighted by Gasteiger charge is -2.06. The van der Waals surface area contributed by atoms with E-state index in [1.807, 2.05) is 12.1 Å². The second-order valence-electron chi connectivity index (χ2n) is 4.65. The molecule has 0 aliphatic carbocycles. The van der Waals surface area contributed by atoms with Crippen molar-refractivity contribution in [1.82, 2.24) is 5.32 Å². The number of carbonyl (C=O) groups is 1. The van der Waals surface area contributed by atoms with Crippen molar-refractivity contribution < 1.29 is 18.7 Å². The van der Waals surface area contributed by atoms with Crippen LogP contribution in [0.25, 0.3) is 0 Å². The van der Waals surface area contributed by atoms with Crippen LogP contribution >= 0.6 is 0 Å². The van der Waals surface area contributed by atoms with Crippen LogP contribution in [0.5, 0.6) is 5.75 Å². The Hall–Kier alpha value is -2.43. The minimum Gasteiger partial charge on any atom is -0.508 e. The molecule has 2 N–H and O–H groups in total. The van der Waals surface area contributed by atoms with Gasteiger partial charge in [0.05, 0.1) is 0 Å². The molecule has 0 aliphatic rings. The third-order valence-electron chi connectivity index (χ3n) is 3.05. The summed E-state index contributed by atoms with van der Waals surface area (Å²) < 4.78 is 25.8. The van der Waals surface area contributed by atoms with Gasteiger partial charge in [-0.25, -0.2) is 8.78 Å². The van der Waals surface area contributed by atoms with E-state index >= 15 is 0 Å². The molecular formula is C16H15F2NO2. The molecule has 5 heteroatoms. The third-order valence-corrected chi connectivity index (χ3v) is 3.05. The minimum absolute atomic E-state index is 0.0959. The average Bonchev–Trinajstić information content (AvgIpc) is 2.48. The fraction of sp³-hybridized carbons (Fsp3) is 0.188. The number of aryl methyl sites for hydroxylation is 1. The monoisotopic (exact) mass is 291 g/mol. The Morgan fingerprint density at radius 2 is 1.76 bits per heavy atom. The average molecular weight is 291 g/mol. The van der Waals surface area contributed by atoms with Crippen LogP contribution in [-0.2, 0) is 6.42 Å². The van der Waals surface area contributed by atoms with Crippen molar-refractivity contribution in [2.75, 3.05) is 6.54 Å². The van der Waals surface area contributed by atoms with Gasteiger partial charge in [-0.05, 0) is 48.7 Å². The highest BCUT2D eigenvalue weighted by atomic mass is 19.2. The summed E-state index contributed by atoms with van der Waals surface area (Å²) in [5, 5.41) is 11.8. The highest BCUT2D eigenvalue weighted by Crippen LogP contribution is 2.11. The Morgan fingerprint density at radius 1 is 1.05 bits per heavy atom. The van der Waals surface area contributed by atoms with Gasteiger partial charge in [0.15, 0.2) is 11.6 Å². The number of hydrogen-bond donors (Lipinski definition) is 2. The van der Waals surface area contributed by atoms with Crippen molar-refractivity contribution in [1.29, 1.82) is 0 Å². The molecule has 0 unspecified atom stereocenters. The van der Waals surface area contributed by atoms with E-state index in [0.717, 1.165) is 24.1 Å². The summed E-state index contributed by atoms with van der Waals surface area (Å²) in [6.45, 7) is 0.429. The zero-order chi connectivity index (χ0) is 15.2. The lowest BCUT2D eigenvalue weighted by Crippen LogP contribution is -2.24. The molecule has 2 aromatic rings. The van der Waals surface area contributed by atoms with Crippen LogP contribution in [0.4, 0.5) is 8.78 Å². The smallest absolute Gasteiger partial charge is 0.251 e. The lowest BCUT2D eigenvalue weighted by molar-refractivity contribution is 0.0952. The van der Waals surface area contributed by atoms with Gasteiger partial charge in [-0.3, -0.25) is 4.79 Å². The van der Waals surface area contributed by atoms with Crippen LogP contribution in [0.1, 0.15) is 22.3 Å². The van der Waals surface area contributed by atoms with E-state index in [2.05, 4.69) is 5.32 Å². The number of halogens is 2. The van der Waals surface area contributed by atoms with E-state index in [0.29, 0.717) is 13.0 Å². The second-order valence-corrected chi connectivity index (χ2v) is 4.65. The summed E-state index contributed by atoms with van der Waals surface area (Å²) in [6.07, 6.45) is 1.46. The molecule has 0 saturated heterocycles. The zero-order valence-electron chi connectivity index (χ0n) is 11.3. The predicted molar refractivity (Wildman–Crippen MR) is 75.1 cm³/mol. The summed E-state index contributed by atoms with van der Waals surface area (Å²) in [5.41, 5.74) is 1.15. The molecule has 2 rings (SSSR count). The molecule has 0 spiro atoms. The largest absolute Gasteiger partial charge is 0.508 e. The predicted octanol–water partition coefficient (Wildman–Crippen LogP) is 3.03. The third kappa shape index (κ3) is 4.27. The van der Waals surface area contributed by atoms with Gasteiger partial charge in [0.2, 0.25) is 0 Å². The summed E-state index contributed by atoms with van der Waals surface area (Å²) >= 11 is 0. The molecular weight excluding hydrogens is 276 g/mol. The quantitative estimate of drug-likeness (QED) is 0.832. The molecule has 21 heavy (non-hydrogen) atoms. The molecule has 0 atom stereocenters. The standard InChI is InChI=1S/C16H15F2NO2/c17-14-8-5-12(10-15(14)18)16(21)19-9-1-2-11-3-6-13(20)7-4-11/h3-8,10,20H,1-2,9H2,(H,19,21). The Balaban J connectivity index is 1.79. The lowest BCUT2D eigenvalue weighted by atomic mass is 10.1. The van der Waals surface area contributed by atoms with Crippen LogP contribution in [0.15, 0.2) is 42.5 Å². The van der Waals surface area contributed by atoms with Gasteiger partial charge >= 0.3 is 0 Å². The van der Waals surface area contributed by atoms with E-state index in [4.69, 9.17) is 5.11 Å². The molecule has 1 amide bonds. The number of amides is 1. The van der Waals surface area contributed by atoms with Crippen LogP contribution in [0.3, 0.4) is 0 Å². The first-order valence-corrected chi connectivity index (χ1v) is 6.57. The van der Waals surface area contributed by atoms with E-state index in [-0.39, 0.29) is 11.3 Å². The topological polar surface area (TPSA) is 49.3 Å². The normalized spacial score (nSPS) is 10.4. The van der Waals surface area contributed by atoms with Gasteiger partial charge in [0.1, 0.15) is 5.75 Å². The first-order chi connectivity index (χ1) is 10.1. The van der Waals surface area contributed by atoms with Gasteiger partial charge in [-0.2, -0.15) is 0 Å². The summed E-state index contributed by atoms with van der Waals surface area (Å²) in [7, 11) is 0. The number of hydrogen-bond acceptors (Lipinski definition) is 2. The van der Waals surface area contributed by atoms with Gasteiger partial charge in [-0.15, -0.1) is 0 Å². The van der Waals surface area contributed by atoms with Crippen molar-refractivity contribution in [2.45, 2.75) is 12.8 Å². The number of nitrogens with one attached hydrogen (secondary N) is 1. The number of carbonyl (C=O) groups excluding carboxylic acids is 1. The molecule has 0 aromatic heterocycles. The first-order valence-electron chi connectivity index (χ1n) is 6.57. The summed E-state index contributed by atoms with van der Waals surface area (Å²) in [5.74, 6) is -2.23. The minimum atomic E-state index is -1.04. The fourth-order valence-electron chi connectivity index (χ4n) is 1.90. The highest BCUT2D eigenvalue weighted by molar-refractivity contribution is 5.94. The van der Waals surface area contributed by atoms with E-state index in [1.54, 1.807) is 12.1 Å². The Kier molecular flexibility index (Phi) is 4.87. The molecule has 0 radical (unpaired) electrons. The summed E-state index contributed by atoms with van der Waals surface area (Å²) in [6, 6.07) is 9.89. The number of rotatable bonds is 5. The van der Waals surface area contributed by atoms with Crippen molar-refractivity contribution >= 4 is 5.91 Å². The SMILES string of the molecule is O=C(NCCCc1ccc(O)cc1)c1ccc(F)c(F)c1. The van der Waals surface area contributed by atoms with Gasteiger partial charge in [0.25, 0.3) is 5.91 Å². The maximum absolute atomic E-state index is 13.0. The van der Waals surface area contributed by atoms with Gasteiger partial charge < -0.3 is 10.4 Å². The van der Waals surface area contributed by atoms with Crippen LogP contribution in [-0.4, -0.2) is 17.6 Å². The molecule has 0 saturated carbocycles. The van der Waals surface area contributed by atoms with Gasteiger partial charge in [-0.1, -0.05) is 12.1 Å².